The van der Waals surface area contributed by atoms with Crippen LogP contribution in [0.25, 0.3) is 0 Å². The molecule has 154 valence electrons. The van der Waals surface area contributed by atoms with E-state index in [1.807, 2.05) is 24.0 Å². The maximum absolute atomic E-state index is 13.2. The third kappa shape index (κ3) is 6.65. The van der Waals surface area contributed by atoms with Gasteiger partial charge in [0.05, 0.1) is 11.9 Å². The Morgan fingerprint density at radius 2 is 2.25 bits per heavy atom. The summed E-state index contributed by atoms with van der Waals surface area (Å²) in [5.74, 6) is 0.653. The van der Waals surface area contributed by atoms with Crippen LogP contribution in [0.4, 0.5) is 10.1 Å². The summed E-state index contributed by atoms with van der Waals surface area (Å²) < 4.78 is 15.1. The molecule has 1 unspecified atom stereocenters. The number of halogens is 2. The van der Waals surface area contributed by atoms with Gasteiger partial charge in [-0.15, -0.1) is 24.0 Å². The molecule has 0 radical (unpaired) electrons. The lowest BCUT2D eigenvalue weighted by Gasteiger charge is -2.34. The molecule has 28 heavy (non-hydrogen) atoms. The van der Waals surface area contributed by atoms with Crippen molar-refractivity contribution < 1.29 is 4.39 Å². The van der Waals surface area contributed by atoms with Gasteiger partial charge in [-0.05, 0) is 43.4 Å². The molecule has 1 atom stereocenters. The Kier molecular flexibility index (Phi) is 9.01. The number of hydrogen-bond donors (Lipinski definition) is 2. The fourth-order valence-corrected chi connectivity index (χ4v) is 3.48. The van der Waals surface area contributed by atoms with Gasteiger partial charge in [-0.2, -0.15) is 5.10 Å². The van der Waals surface area contributed by atoms with Crippen molar-refractivity contribution in [3.8, 4) is 0 Å². The number of nitrogens with one attached hydrogen (secondary N) is 2. The minimum absolute atomic E-state index is 0. The Hall–Kier alpha value is -1.84. The van der Waals surface area contributed by atoms with Crippen LogP contribution in [0.2, 0.25) is 0 Å². The fraction of sp³-hybridized carbons (Fsp3) is 0.500. The van der Waals surface area contributed by atoms with Crippen molar-refractivity contribution in [1.82, 2.24) is 20.4 Å². The number of nitrogens with zero attached hydrogens (tertiary/aromatic N) is 4. The third-order valence-corrected chi connectivity index (χ3v) is 4.87. The summed E-state index contributed by atoms with van der Waals surface area (Å²) in [6.07, 6.45) is 8.02. The Balaban J connectivity index is 0.00000280. The van der Waals surface area contributed by atoms with E-state index in [1.54, 1.807) is 19.2 Å². The van der Waals surface area contributed by atoms with Gasteiger partial charge >= 0.3 is 0 Å². The maximum atomic E-state index is 13.2. The third-order valence-electron chi connectivity index (χ3n) is 4.87. The molecule has 1 fully saturated rings. The summed E-state index contributed by atoms with van der Waals surface area (Å²) in [5, 5.41) is 11.2. The first-order valence-corrected chi connectivity index (χ1v) is 9.59. The van der Waals surface area contributed by atoms with Crippen molar-refractivity contribution >= 4 is 35.6 Å². The number of rotatable bonds is 6. The van der Waals surface area contributed by atoms with Crippen LogP contribution < -0.4 is 15.5 Å². The number of aryl methyl sites for hydroxylation is 2. The minimum atomic E-state index is -0.173. The highest BCUT2D eigenvalue weighted by Gasteiger charge is 2.21. The average molecular weight is 500 g/mol. The maximum Gasteiger partial charge on any atom is 0.191 e. The molecule has 1 saturated heterocycles. The second-order valence-electron chi connectivity index (χ2n) is 7.03. The van der Waals surface area contributed by atoms with Crippen molar-refractivity contribution in [3.63, 3.8) is 0 Å². The molecule has 8 heteroatoms. The van der Waals surface area contributed by atoms with E-state index >= 15 is 0 Å². The zero-order valence-electron chi connectivity index (χ0n) is 16.6. The van der Waals surface area contributed by atoms with Crippen LogP contribution in [-0.2, 0) is 13.5 Å². The predicted molar refractivity (Wildman–Crippen MR) is 123 cm³/mol. The summed E-state index contributed by atoms with van der Waals surface area (Å²) in [6, 6.07) is 7.16. The monoisotopic (exact) mass is 500 g/mol. The molecule has 1 aromatic heterocycles. The summed E-state index contributed by atoms with van der Waals surface area (Å²) in [6.45, 7) is 2.80. The quantitative estimate of drug-likeness (QED) is 0.277. The number of aliphatic imine (C=N–C) groups is 1. The van der Waals surface area contributed by atoms with Crippen LogP contribution in [-0.4, -0.2) is 48.5 Å². The first-order chi connectivity index (χ1) is 13.1. The molecule has 2 N–H and O–H groups in total. The van der Waals surface area contributed by atoms with Crippen LogP contribution in [0.15, 0.2) is 41.7 Å². The molecule has 0 aliphatic carbocycles. The van der Waals surface area contributed by atoms with Crippen LogP contribution in [0, 0.1) is 5.82 Å². The zero-order chi connectivity index (χ0) is 19.1. The Bertz CT molecular complexity index is 763. The van der Waals surface area contributed by atoms with Gasteiger partial charge in [-0.25, -0.2) is 4.39 Å². The standard InChI is InChI=1S/C20H29FN6.HI/c1-22-20(23-10-4-7-16-6-3-8-17(21)12-16)25-18-9-5-11-27(14-18)19-13-24-26(2)15-19;/h3,6,8,12-13,15,18H,4-5,7,9-11,14H2,1-2H3,(H2,22,23,25);1H. The Morgan fingerprint density at radius 1 is 1.39 bits per heavy atom. The molecule has 1 aliphatic heterocycles. The van der Waals surface area contributed by atoms with Crippen molar-refractivity contribution in [2.45, 2.75) is 31.7 Å². The molecule has 0 amide bonds. The summed E-state index contributed by atoms with van der Waals surface area (Å²) >= 11 is 0. The molecular formula is C20H30FIN6. The highest BCUT2D eigenvalue weighted by molar-refractivity contribution is 14.0. The largest absolute Gasteiger partial charge is 0.367 e. The number of hydrogen-bond acceptors (Lipinski definition) is 3. The SMILES string of the molecule is CN=C(NCCCc1cccc(F)c1)NC1CCCN(c2cnn(C)c2)C1.I. The second-order valence-corrected chi connectivity index (χ2v) is 7.03. The lowest BCUT2D eigenvalue weighted by atomic mass is 10.1. The molecule has 0 spiro atoms. The van der Waals surface area contributed by atoms with Crippen molar-refractivity contribution in [1.29, 1.82) is 0 Å². The van der Waals surface area contributed by atoms with Gasteiger partial charge in [-0.3, -0.25) is 9.67 Å². The zero-order valence-corrected chi connectivity index (χ0v) is 18.9. The van der Waals surface area contributed by atoms with Gasteiger partial charge in [0, 0.05) is 46.0 Å². The molecule has 3 rings (SSSR count). The number of aromatic nitrogens is 2. The summed E-state index contributed by atoms with van der Waals surface area (Å²) in [7, 11) is 3.74. The Morgan fingerprint density at radius 3 is 2.96 bits per heavy atom. The van der Waals surface area contributed by atoms with Gasteiger partial charge in [0.25, 0.3) is 0 Å². The average Bonchev–Trinajstić information content (AvgIpc) is 3.11. The minimum Gasteiger partial charge on any atom is -0.367 e. The topological polar surface area (TPSA) is 57.5 Å². The molecule has 1 aromatic carbocycles. The van der Waals surface area contributed by atoms with Crippen LogP contribution in [0.1, 0.15) is 24.8 Å². The van der Waals surface area contributed by atoms with Crippen LogP contribution >= 0.6 is 24.0 Å². The van der Waals surface area contributed by atoms with E-state index in [0.29, 0.717) is 6.04 Å². The molecule has 0 saturated carbocycles. The highest BCUT2D eigenvalue weighted by Crippen LogP contribution is 2.18. The first-order valence-electron chi connectivity index (χ1n) is 9.59. The highest BCUT2D eigenvalue weighted by atomic mass is 127. The number of benzene rings is 1. The van der Waals surface area contributed by atoms with Gasteiger partial charge in [0.2, 0.25) is 0 Å². The first kappa shape index (κ1) is 22.4. The molecule has 0 bridgehead atoms. The van der Waals surface area contributed by atoms with E-state index in [2.05, 4.69) is 31.8 Å². The summed E-state index contributed by atoms with van der Waals surface area (Å²) in [5.41, 5.74) is 2.20. The summed E-state index contributed by atoms with van der Waals surface area (Å²) in [4.78, 5) is 6.71. The molecule has 2 heterocycles. The van der Waals surface area contributed by atoms with E-state index in [1.165, 1.54) is 11.8 Å². The van der Waals surface area contributed by atoms with E-state index in [4.69, 9.17) is 0 Å². The van der Waals surface area contributed by atoms with Crippen LogP contribution in [0.3, 0.4) is 0 Å². The molecule has 2 aromatic rings. The smallest absolute Gasteiger partial charge is 0.191 e. The normalized spacial score (nSPS) is 17.2. The van der Waals surface area contributed by atoms with Gasteiger partial charge in [0.1, 0.15) is 5.82 Å². The second kappa shape index (κ2) is 11.2. The molecule has 6 nitrogen and oxygen atoms in total. The Labute approximate surface area is 183 Å². The number of anilines is 1. The van der Waals surface area contributed by atoms with Crippen molar-refractivity contribution in [3.05, 3.63) is 48.0 Å². The molecular weight excluding hydrogens is 470 g/mol. The fourth-order valence-electron chi connectivity index (χ4n) is 3.48. The number of piperidine rings is 1. The van der Waals surface area contributed by atoms with Gasteiger partial charge in [0.15, 0.2) is 5.96 Å². The van der Waals surface area contributed by atoms with E-state index < -0.39 is 0 Å². The van der Waals surface area contributed by atoms with Crippen molar-refractivity contribution in [2.24, 2.45) is 12.0 Å². The van der Waals surface area contributed by atoms with Crippen molar-refractivity contribution in [2.75, 3.05) is 31.6 Å². The predicted octanol–water partition coefficient (Wildman–Crippen LogP) is 2.94. The van der Waals surface area contributed by atoms with Crippen LogP contribution in [0.5, 0.6) is 0 Å². The van der Waals surface area contributed by atoms with Gasteiger partial charge in [-0.1, -0.05) is 12.1 Å². The van der Waals surface area contributed by atoms with E-state index in [-0.39, 0.29) is 29.8 Å². The van der Waals surface area contributed by atoms with Gasteiger partial charge < -0.3 is 15.5 Å². The molecule has 1 aliphatic rings. The van der Waals surface area contributed by atoms with E-state index in [9.17, 15) is 4.39 Å². The van der Waals surface area contributed by atoms with E-state index in [0.717, 1.165) is 56.8 Å². The lowest BCUT2D eigenvalue weighted by molar-refractivity contribution is 0.468. The number of guanidine groups is 1. The lowest BCUT2D eigenvalue weighted by Crippen LogP contribution is -2.51.